The average molecular weight is 230 g/mol. The fourth-order valence-corrected chi connectivity index (χ4v) is 1.16. The number of nitrogens with zero attached hydrogens (tertiary/aromatic N) is 2. The van der Waals surface area contributed by atoms with Crippen molar-refractivity contribution in [3.8, 4) is 0 Å². The van der Waals surface area contributed by atoms with E-state index in [0.29, 0.717) is 5.06 Å². The fourth-order valence-electron chi connectivity index (χ4n) is 1.16. The second-order valence-electron chi connectivity index (χ2n) is 3.68. The van der Waals surface area contributed by atoms with Gasteiger partial charge in [0.1, 0.15) is 0 Å². The van der Waals surface area contributed by atoms with Gasteiger partial charge in [-0.05, 0) is 0 Å². The van der Waals surface area contributed by atoms with Crippen molar-refractivity contribution < 1.29 is 24.1 Å². The van der Waals surface area contributed by atoms with Crippen molar-refractivity contribution >= 4 is 17.8 Å². The SMILES string of the molecule is CC1CC(=O)N(OC(=O)CON(C)C)C1=O. The Hall–Kier alpha value is -1.47. The molecule has 16 heavy (non-hydrogen) atoms. The Balaban J connectivity index is 2.45. The number of imide groups is 1. The van der Waals surface area contributed by atoms with E-state index in [0.717, 1.165) is 0 Å². The predicted molar refractivity (Wildman–Crippen MR) is 51.4 cm³/mol. The summed E-state index contributed by atoms with van der Waals surface area (Å²) in [6.07, 6.45) is 0.0701. The molecule has 0 aromatic heterocycles. The van der Waals surface area contributed by atoms with Crippen LogP contribution in [0.15, 0.2) is 0 Å². The maximum absolute atomic E-state index is 11.4. The second kappa shape index (κ2) is 5.04. The van der Waals surface area contributed by atoms with Crippen LogP contribution in [0.5, 0.6) is 0 Å². The van der Waals surface area contributed by atoms with Crippen molar-refractivity contribution in [2.45, 2.75) is 13.3 Å². The summed E-state index contributed by atoms with van der Waals surface area (Å²) < 4.78 is 0. The summed E-state index contributed by atoms with van der Waals surface area (Å²) in [5, 5.41) is 1.82. The first-order chi connectivity index (χ1) is 7.41. The number of carbonyl (C=O) groups is 3. The zero-order valence-corrected chi connectivity index (χ0v) is 9.43. The molecule has 0 N–H and O–H groups in total. The number of hydrogen-bond donors (Lipinski definition) is 0. The van der Waals surface area contributed by atoms with Crippen LogP contribution in [-0.2, 0) is 24.1 Å². The van der Waals surface area contributed by atoms with Crippen LogP contribution in [0, 0.1) is 5.92 Å². The molecule has 0 spiro atoms. The van der Waals surface area contributed by atoms with E-state index in [-0.39, 0.29) is 13.0 Å². The lowest BCUT2D eigenvalue weighted by Gasteiger charge is -2.14. The lowest BCUT2D eigenvalue weighted by molar-refractivity contribution is -0.209. The Kier molecular flexibility index (Phi) is 3.97. The molecule has 2 amide bonds. The predicted octanol–water partition coefficient (Wildman–Crippen LogP) is -0.667. The zero-order valence-electron chi connectivity index (χ0n) is 9.43. The Labute approximate surface area is 92.8 Å². The Morgan fingerprint density at radius 1 is 1.50 bits per heavy atom. The van der Waals surface area contributed by atoms with Crippen LogP contribution in [0.1, 0.15) is 13.3 Å². The third-order valence-electron chi connectivity index (χ3n) is 1.96. The molecular weight excluding hydrogens is 216 g/mol. The van der Waals surface area contributed by atoms with Crippen LogP contribution in [-0.4, -0.2) is 48.6 Å². The van der Waals surface area contributed by atoms with E-state index in [1.54, 1.807) is 21.0 Å². The van der Waals surface area contributed by atoms with Crippen LogP contribution in [0.25, 0.3) is 0 Å². The number of rotatable bonds is 4. The molecule has 1 heterocycles. The van der Waals surface area contributed by atoms with E-state index in [1.807, 2.05) is 0 Å². The van der Waals surface area contributed by atoms with Gasteiger partial charge in [-0.2, -0.15) is 5.06 Å². The molecule has 0 bridgehead atoms. The summed E-state index contributed by atoms with van der Waals surface area (Å²) in [6.45, 7) is 1.25. The first kappa shape index (κ1) is 12.6. The Bertz CT molecular complexity index is 315. The van der Waals surface area contributed by atoms with Crippen molar-refractivity contribution in [1.29, 1.82) is 0 Å². The van der Waals surface area contributed by atoms with Gasteiger partial charge in [-0.3, -0.25) is 14.4 Å². The Morgan fingerprint density at radius 2 is 2.12 bits per heavy atom. The zero-order chi connectivity index (χ0) is 12.3. The molecular formula is C9H14N2O5. The van der Waals surface area contributed by atoms with Crippen LogP contribution in [0.4, 0.5) is 0 Å². The topological polar surface area (TPSA) is 76.2 Å². The van der Waals surface area contributed by atoms with Crippen molar-refractivity contribution in [2.24, 2.45) is 5.92 Å². The molecule has 1 aliphatic heterocycles. The molecule has 90 valence electrons. The summed E-state index contributed by atoms with van der Waals surface area (Å²) in [7, 11) is 3.20. The molecule has 1 rings (SSSR count). The van der Waals surface area contributed by atoms with Crippen molar-refractivity contribution in [3.05, 3.63) is 0 Å². The smallest absolute Gasteiger partial charge is 0.328 e. The van der Waals surface area contributed by atoms with E-state index in [2.05, 4.69) is 4.84 Å². The van der Waals surface area contributed by atoms with Gasteiger partial charge in [0.25, 0.3) is 11.8 Å². The second-order valence-corrected chi connectivity index (χ2v) is 3.68. The highest BCUT2D eigenvalue weighted by Gasteiger charge is 2.38. The highest BCUT2D eigenvalue weighted by Crippen LogP contribution is 2.18. The van der Waals surface area contributed by atoms with E-state index < -0.39 is 23.7 Å². The first-order valence-corrected chi connectivity index (χ1v) is 4.79. The first-order valence-electron chi connectivity index (χ1n) is 4.79. The van der Waals surface area contributed by atoms with Crippen molar-refractivity contribution in [1.82, 2.24) is 10.1 Å². The third-order valence-corrected chi connectivity index (χ3v) is 1.96. The number of hydrogen-bond acceptors (Lipinski definition) is 6. The maximum atomic E-state index is 11.4. The normalized spacial score (nSPS) is 20.8. The molecule has 1 unspecified atom stereocenters. The quantitative estimate of drug-likeness (QED) is 0.471. The monoisotopic (exact) mass is 230 g/mol. The summed E-state index contributed by atoms with van der Waals surface area (Å²) in [5.41, 5.74) is 0. The summed E-state index contributed by atoms with van der Waals surface area (Å²) in [6, 6.07) is 0. The van der Waals surface area contributed by atoms with Gasteiger partial charge in [-0.25, -0.2) is 4.79 Å². The average Bonchev–Trinajstić information content (AvgIpc) is 2.42. The molecule has 1 fully saturated rings. The largest absolute Gasteiger partial charge is 0.360 e. The summed E-state index contributed by atoms with van der Waals surface area (Å²) in [4.78, 5) is 43.2. The van der Waals surface area contributed by atoms with Crippen LogP contribution >= 0.6 is 0 Å². The van der Waals surface area contributed by atoms with E-state index >= 15 is 0 Å². The summed E-state index contributed by atoms with van der Waals surface area (Å²) >= 11 is 0. The van der Waals surface area contributed by atoms with Crippen LogP contribution < -0.4 is 0 Å². The van der Waals surface area contributed by atoms with Gasteiger partial charge in [0.2, 0.25) is 0 Å². The molecule has 7 nitrogen and oxygen atoms in total. The minimum Gasteiger partial charge on any atom is -0.328 e. The number of hydroxylamine groups is 4. The van der Waals surface area contributed by atoms with E-state index in [4.69, 9.17) is 4.84 Å². The van der Waals surface area contributed by atoms with E-state index in [9.17, 15) is 14.4 Å². The molecule has 0 aliphatic carbocycles. The fraction of sp³-hybridized carbons (Fsp3) is 0.667. The van der Waals surface area contributed by atoms with Crippen molar-refractivity contribution in [3.63, 3.8) is 0 Å². The molecule has 1 saturated heterocycles. The van der Waals surface area contributed by atoms with E-state index in [1.165, 1.54) is 5.06 Å². The lowest BCUT2D eigenvalue weighted by Crippen LogP contribution is -2.35. The van der Waals surface area contributed by atoms with Gasteiger partial charge in [0.15, 0.2) is 6.61 Å². The Morgan fingerprint density at radius 3 is 2.56 bits per heavy atom. The third kappa shape index (κ3) is 3.01. The minimum absolute atomic E-state index is 0.0701. The lowest BCUT2D eigenvalue weighted by atomic mass is 10.1. The molecule has 0 radical (unpaired) electrons. The van der Waals surface area contributed by atoms with Gasteiger partial charge in [0.05, 0.1) is 0 Å². The van der Waals surface area contributed by atoms with Crippen LogP contribution in [0.2, 0.25) is 0 Å². The minimum atomic E-state index is -0.787. The van der Waals surface area contributed by atoms with Gasteiger partial charge in [-0.15, -0.1) is 5.06 Å². The highest BCUT2D eigenvalue weighted by molar-refractivity contribution is 6.03. The summed E-state index contributed by atoms with van der Waals surface area (Å²) in [5.74, 6) is -2.22. The van der Waals surface area contributed by atoms with Crippen LogP contribution in [0.3, 0.4) is 0 Å². The van der Waals surface area contributed by atoms with Crippen molar-refractivity contribution in [2.75, 3.05) is 20.7 Å². The molecule has 1 atom stereocenters. The maximum Gasteiger partial charge on any atom is 0.360 e. The molecule has 1 aliphatic rings. The molecule has 0 aromatic rings. The number of amides is 2. The van der Waals surface area contributed by atoms with Gasteiger partial charge < -0.3 is 4.84 Å². The van der Waals surface area contributed by atoms with Gasteiger partial charge in [-0.1, -0.05) is 6.92 Å². The number of carbonyl (C=O) groups excluding carboxylic acids is 3. The molecule has 0 aromatic carbocycles. The van der Waals surface area contributed by atoms with Gasteiger partial charge >= 0.3 is 5.97 Å². The van der Waals surface area contributed by atoms with Gasteiger partial charge in [0, 0.05) is 26.4 Å². The highest BCUT2D eigenvalue weighted by atomic mass is 16.7. The standard InChI is InChI=1S/C9H14N2O5/c1-6-4-7(12)11(9(6)14)16-8(13)5-15-10(2)3/h6H,4-5H2,1-3H3. The molecule has 0 saturated carbocycles. The molecule has 7 heteroatoms.